The molecular formula is C24H23N3O5S2. The van der Waals surface area contributed by atoms with Crippen molar-refractivity contribution in [3.63, 3.8) is 0 Å². The van der Waals surface area contributed by atoms with Gasteiger partial charge in [0.15, 0.2) is 11.5 Å². The van der Waals surface area contributed by atoms with Crippen LogP contribution in [0.15, 0.2) is 71.1 Å². The van der Waals surface area contributed by atoms with Crippen LogP contribution >= 0.6 is 11.3 Å². The van der Waals surface area contributed by atoms with E-state index < -0.39 is 10.0 Å². The maximum atomic E-state index is 13.0. The van der Waals surface area contributed by atoms with Crippen LogP contribution < -0.4 is 24.2 Å². The van der Waals surface area contributed by atoms with Crippen molar-refractivity contribution in [1.82, 2.24) is 10.3 Å². The first-order valence-corrected chi connectivity index (χ1v) is 13.1. The summed E-state index contributed by atoms with van der Waals surface area (Å²) in [7, 11) is -3.76. The summed E-state index contributed by atoms with van der Waals surface area (Å²) in [6.07, 6.45) is 0. The van der Waals surface area contributed by atoms with Crippen molar-refractivity contribution in [1.29, 1.82) is 0 Å². The smallest absolute Gasteiger partial charge is 0.264 e. The monoisotopic (exact) mass is 497 g/mol. The molecule has 5 rings (SSSR count). The lowest BCUT2D eigenvalue weighted by molar-refractivity contribution is 0.162. The number of para-hydroxylation sites is 2. The van der Waals surface area contributed by atoms with Crippen molar-refractivity contribution in [3.05, 3.63) is 71.7 Å². The molecule has 2 N–H and O–H groups in total. The topological polar surface area (TPSA) is 98.8 Å². The molecule has 0 unspecified atom stereocenters. The highest BCUT2D eigenvalue weighted by atomic mass is 32.2. The molecule has 1 aliphatic rings. The van der Waals surface area contributed by atoms with Crippen molar-refractivity contribution >= 4 is 37.3 Å². The van der Waals surface area contributed by atoms with Gasteiger partial charge in [-0.3, -0.25) is 4.72 Å². The van der Waals surface area contributed by atoms with Crippen molar-refractivity contribution in [2.24, 2.45) is 0 Å². The number of thiazole rings is 1. The largest absolute Gasteiger partial charge is 0.488 e. The Labute approximate surface area is 201 Å². The lowest BCUT2D eigenvalue weighted by Gasteiger charge is -2.20. The number of sulfonamides is 1. The molecule has 0 bridgehead atoms. The van der Waals surface area contributed by atoms with Crippen LogP contribution in [0.2, 0.25) is 0 Å². The van der Waals surface area contributed by atoms with E-state index in [1.165, 1.54) is 11.3 Å². The lowest BCUT2D eigenvalue weighted by Crippen LogP contribution is -2.21. The molecule has 1 aliphatic heterocycles. The molecule has 4 aromatic rings. The van der Waals surface area contributed by atoms with Gasteiger partial charge in [0.2, 0.25) is 5.75 Å². The zero-order valence-electron chi connectivity index (χ0n) is 18.2. The van der Waals surface area contributed by atoms with Gasteiger partial charge in [0.1, 0.15) is 30.2 Å². The Kier molecular flexibility index (Phi) is 6.52. The number of benzene rings is 3. The van der Waals surface area contributed by atoms with Crippen LogP contribution in [0.1, 0.15) is 5.56 Å². The SMILES string of the molecule is O=S(=O)(Nc1cccc(CNCCOc2cccc3c2OCCO3)c1)c1cccc2scnc12. The fraction of sp³-hybridized carbons (Fsp3) is 0.208. The summed E-state index contributed by atoms with van der Waals surface area (Å²) < 4.78 is 46.5. The molecule has 34 heavy (non-hydrogen) atoms. The third-order valence-electron chi connectivity index (χ3n) is 5.19. The molecule has 1 aromatic heterocycles. The summed E-state index contributed by atoms with van der Waals surface area (Å²) in [4.78, 5) is 4.38. The highest BCUT2D eigenvalue weighted by Gasteiger charge is 2.19. The first kappa shape index (κ1) is 22.5. The van der Waals surface area contributed by atoms with Gasteiger partial charge in [-0.25, -0.2) is 13.4 Å². The third-order valence-corrected chi connectivity index (χ3v) is 7.39. The summed E-state index contributed by atoms with van der Waals surface area (Å²) in [6, 6.07) is 18.0. The average Bonchev–Trinajstić information content (AvgIpc) is 3.33. The van der Waals surface area contributed by atoms with E-state index >= 15 is 0 Å². The Morgan fingerprint density at radius 3 is 2.82 bits per heavy atom. The normalized spacial score (nSPS) is 13.1. The summed E-state index contributed by atoms with van der Waals surface area (Å²) in [5, 5.41) is 3.31. The maximum Gasteiger partial charge on any atom is 0.264 e. The number of hydrogen-bond donors (Lipinski definition) is 2. The molecule has 0 saturated carbocycles. The molecule has 2 heterocycles. The number of rotatable bonds is 9. The third kappa shape index (κ3) is 4.93. The van der Waals surface area contributed by atoms with Gasteiger partial charge in [0.05, 0.1) is 10.2 Å². The minimum absolute atomic E-state index is 0.171. The molecule has 0 atom stereocenters. The quantitative estimate of drug-likeness (QED) is 0.337. The Hall–Kier alpha value is -3.34. The lowest BCUT2D eigenvalue weighted by atomic mass is 10.2. The van der Waals surface area contributed by atoms with Gasteiger partial charge in [-0.05, 0) is 42.0 Å². The molecule has 0 spiro atoms. The second kappa shape index (κ2) is 9.88. The van der Waals surface area contributed by atoms with E-state index in [2.05, 4.69) is 15.0 Å². The number of nitrogens with one attached hydrogen (secondary N) is 2. The molecule has 10 heteroatoms. The van der Waals surface area contributed by atoms with Gasteiger partial charge < -0.3 is 19.5 Å². The minimum atomic E-state index is -3.76. The number of anilines is 1. The van der Waals surface area contributed by atoms with Gasteiger partial charge >= 0.3 is 0 Å². The van der Waals surface area contributed by atoms with Crippen molar-refractivity contribution < 1.29 is 22.6 Å². The Bertz CT molecular complexity index is 1400. The average molecular weight is 498 g/mol. The highest BCUT2D eigenvalue weighted by Crippen LogP contribution is 2.38. The summed E-state index contributed by atoms with van der Waals surface area (Å²) in [6.45, 7) is 2.65. The molecule has 176 valence electrons. The van der Waals surface area contributed by atoms with Gasteiger partial charge in [-0.2, -0.15) is 0 Å². The number of nitrogens with zero attached hydrogens (tertiary/aromatic N) is 1. The molecule has 0 amide bonds. The summed E-state index contributed by atoms with van der Waals surface area (Å²) in [5.41, 5.74) is 3.57. The van der Waals surface area contributed by atoms with Gasteiger partial charge in [0.25, 0.3) is 10.0 Å². The number of fused-ring (bicyclic) bond motifs is 2. The van der Waals surface area contributed by atoms with Crippen LogP contribution in [0, 0.1) is 0 Å². The van der Waals surface area contributed by atoms with Crippen LogP contribution in [0.25, 0.3) is 10.2 Å². The second-order valence-corrected chi connectivity index (χ2v) is 10.1. The first-order chi connectivity index (χ1) is 16.6. The molecule has 0 aliphatic carbocycles. The second-order valence-electron chi connectivity index (χ2n) is 7.57. The van der Waals surface area contributed by atoms with Crippen LogP contribution in [0.5, 0.6) is 17.2 Å². The van der Waals surface area contributed by atoms with E-state index in [-0.39, 0.29) is 4.90 Å². The van der Waals surface area contributed by atoms with E-state index in [1.54, 1.807) is 23.7 Å². The standard InChI is InChI=1S/C24H23N3O5S2/c28-34(29,22-9-3-8-21-23(22)26-16-33-21)27-18-5-1-4-17(14-18)15-25-10-11-30-19-6-2-7-20-24(19)32-13-12-31-20/h1-9,14,16,25,27H,10-13,15H2. The number of hydrogen-bond acceptors (Lipinski definition) is 8. The zero-order valence-corrected chi connectivity index (χ0v) is 19.8. The van der Waals surface area contributed by atoms with E-state index in [4.69, 9.17) is 14.2 Å². The Balaban J connectivity index is 1.16. The fourth-order valence-corrected chi connectivity index (χ4v) is 5.65. The minimum Gasteiger partial charge on any atom is -0.488 e. The van der Waals surface area contributed by atoms with Gasteiger partial charge in [-0.15, -0.1) is 11.3 Å². The first-order valence-electron chi connectivity index (χ1n) is 10.8. The predicted octanol–water partition coefficient (Wildman–Crippen LogP) is 4.04. The van der Waals surface area contributed by atoms with Gasteiger partial charge in [-0.1, -0.05) is 24.3 Å². The zero-order chi connectivity index (χ0) is 23.4. The summed E-state index contributed by atoms with van der Waals surface area (Å²) in [5.74, 6) is 2.00. The molecule has 0 fully saturated rings. The van der Waals surface area contributed by atoms with Crippen molar-refractivity contribution in [2.75, 3.05) is 31.1 Å². The Morgan fingerprint density at radius 2 is 1.88 bits per heavy atom. The van der Waals surface area contributed by atoms with E-state index in [0.29, 0.717) is 61.4 Å². The van der Waals surface area contributed by atoms with Crippen LogP contribution in [-0.4, -0.2) is 39.8 Å². The molecule has 0 radical (unpaired) electrons. The van der Waals surface area contributed by atoms with E-state index in [1.807, 2.05) is 42.5 Å². The van der Waals surface area contributed by atoms with Crippen LogP contribution in [0.4, 0.5) is 5.69 Å². The molecular weight excluding hydrogens is 474 g/mol. The van der Waals surface area contributed by atoms with Crippen molar-refractivity contribution in [2.45, 2.75) is 11.4 Å². The van der Waals surface area contributed by atoms with Crippen LogP contribution in [0.3, 0.4) is 0 Å². The predicted molar refractivity (Wildman–Crippen MR) is 132 cm³/mol. The van der Waals surface area contributed by atoms with E-state index in [0.717, 1.165) is 10.3 Å². The fourth-order valence-electron chi connectivity index (χ4n) is 3.66. The number of aromatic nitrogens is 1. The van der Waals surface area contributed by atoms with Gasteiger partial charge in [0, 0.05) is 18.8 Å². The molecule has 0 saturated heterocycles. The molecule has 3 aromatic carbocycles. The maximum absolute atomic E-state index is 13.0. The Morgan fingerprint density at radius 1 is 1.03 bits per heavy atom. The highest BCUT2D eigenvalue weighted by molar-refractivity contribution is 7.93. The van der Waals surface area contributed by atoms with E-state index in [9.17, 15) is 8.42 Å². The number of ether oxygens (including phenoxy) is 3. The van der Waals surface area contributed by atoms with Crippen LogP contribution in [-0.2, 0) is 16.6 Å². The summed E-state index contributed by atoms with van der Waals surface area (Å²) >= 11 is 1.41. The van der Waals surface area contributed by atoms with Crippen molar-refractivity contribution in [3.8, 4) is 17.2 Å². The molecule has 8 nitrogen and oxygen atoms in total.